The van der Waals surface area contributed by atoms with Crippen LogP contribution >= 0.6 is 35.0 Å². The predicted octanol–water partition coefficient (Wildman–Crippen LogP) is 6.81. The summed E-state index contributed by atoms with van der Waals surface area (Å²) in [5.41, 5.74) is 3.24. The molecule has 9 nitrogen and oxygen atoms in total. The molecule has 2 aromatic heterocycles. The molecule has 5 aromatic rings. The summed E-state index contributed by atoms with van der Waals surface area (Å²) in [7, 11) is 0. The second-order valence-electron chi connectivity index (χ2n) is 10.1. The molecule has 44 heavy (non-hydrogen) atoms. The van der Waals surface area contributed by atoms with Crippen LogP contribution in [0.5, 0.6) is 5.75 Å². The summed E-state index contributed by atoms with van der Waals surface area (Å²) in [4.78, 5) is 21.8. The largest absolute Gasteiger partial charge is 0.492 e. The number of benzene rings is 3. The predicted molar refractivity (Wildman–Crippen MR) is 172 cm³/mol. The number of ether oxygens (including phenoxy) is 1. The molecule has 12 heteroatoms. The van der Waals surface area contributed by atoms with Crippen molar-refractivity contribution in [1.29, 1.82) is 0 Å². The molecule has 226 valence electrons. The van der Waals surface area contributed by atoms with E-state index in [1.165, 1.54) is 18.0 Å². The van der Waals surface area contributed by atoms with Crippen LogP contribution in [-0.4, -0.2) is 63.3 Å². The molecule has 0 unspecified atom stereocenters. The summed E-state index contributed by atoms with van der Waals surface area (Å²) in [5, 5.41) is 10.5. The van der Waals surface area contributed by atoms with Gasteiger partial charge < -0.3 is 19.0 Å². The fourth-order valence-corrected chi connectivity index (χ4v) is 6.20. The maximum atomic E-state index is 13.3. The number of hydrogen-bond acceptors (Lipinski definition) is 8. The molecule has 0 atom stereocenters. The van der Waals surface area contributed by atoms with E-state index in [-0.39, 0.29) is 5.91 Å². The van der Waals surface area contributed by atoms with E-state index in [1.807, 2.05) is 71.0 Å². The van der Waals surface area contributed by atoms with Crippen LogP contribution in [0.2, 0.25) is 10.0 Å². The Kier molecular flexibility index (Phi) is 9.40. The molecule has 0 N–H and O–H groups in total. The van der Waals surface area contributed by atoms with Crippen LogP contribution in [0.4, 0.5) is 5.69 Å². The first-order valence-corrected chi connectivity index (χ1v) is 16.0. The molecular formula is C32H30Cl2N6O3S. The van der Waals surface area contributed by atoms with Gasteiger partial charge in [0.1, 0.15) is 17.8 Å². The van der Waals surface area contributed by atoms with Gasteiger partial charge in [0.05, 0.1) is 33.8 Å². The number of para-hydroxylation sites is 2. The monoisotopic (exact) mass is 648 g/mol. The highest BCUT2D eigenvalue weighted by atomic mass is 35.5. The van der Waals surface area contributed by atoms with Gasteiger partial charge in [-0.05, 0) is 42.8 Å². The van der Waals surface area contributed by atoms with Crippen molar-refractivity contribution in [3.63, 3.8) is 0 Å². The molecule has 1 aliphatic rings. The molecule has 3 aromatic carbocycles. The van der Waals surface area contributed by atoms with Gasteiger partial charge in [-0.3, -0.25) is 9.36 Å². The fraction of sp³-hybridized carbons (Fsp3) is 0.250. The number of carbonyl (C=O) groups excluding carboxylic acids is 1. The zero-order valence-electron chi connectivity index (χ0n) is 24.0. The Labute approximate surface area is 269 Å². The average molecular weight is 650 g/mol. The average Bonchev–Trinajstić information content (AvgIpc) is 3.69. The maximum Gasteiger partial charge on any atom is 0.275 e. The van der Waals surface area contributed by atoms with Gasteiger partial charge in [-0.15, -0.1) is 10.2 Å². The number of anilines is 1. The van der Waals surface area contributed by atoms with Gasteiger partial charge in [-0.1, -0.05) is 77.4 Å². The van der Waals surface area contributed by atoms with E-state index in [0.29, 0.717) is 71.7 Å². The first kappa shape index (κ1) is 30.1. The van der Waals surface area contributed by atoms with E-state index in [0.717, 1.165) is 28.5 Å². The number of nitrogens with zero attached hydrogens (tertiary/aromatic N) is 6. The van der Waals surface area contributed by atoms with Crippen molar-refractivity contribution in [3.05, 3.63) is 112 Å². The quantitative estimate of drug-likeness (QED) is 0.153. The van der Waals surface area contributed by atoms with Crippen LogP contribution in [0.3, 0.4) is 0 Å². The summed E-state index contributed by atoms with van der Waals surface area (Å²) in [5.74, 6) is 2.25. The van der Waals surface area contributed by atoms with Crippen molar-refractivity contribution >= 4 is 46.6 Å². The standard InChI is InChI=1S/C32H30Cl2N6O3S/c1-2-42-28-11-7-6-10-27(28)38-14-16-39(17-15-38)31(41)26-20-43-30(35-26)21-44-32-37-36-29(18-22-8-4-3-5-9-22)40(32)23-12-13-24(33)25(34)19-23/h3-13,19-20H,2,14-18,21H2,1H3. The molecule has 1 aliphatic heterocycles. The maximum absolute atomic E-state index is 13.3. The third-order valence-corrected chi connectivity index (χ3v) is 8.89. The number of piperazine rings is 1. The first-order chi connectivity index (χ1) is 21.5. The molecule has 0 radical (unpaired) electrons. The minimum atomic E-state index is -0.146. The van der Waals surface area contributed by atoms with Gasteiger partial charge >= 0.3 is 0 Å². The van der Waals surface area contributed by atoms with Gasteiger partial charge in [0.15, 0.2) is 10.9 Å². The van der Waals surface area contributed by atoms with Crippen LogP contribution in [0.1, 0.15) is 34.7 Å². The van der Waals surface area contributed by atoms with E-state index in [1.54, 1.807) is 12.1 Å². The molecule has 0 spiro atoms. The highest BCUT2D eigenvalue weighted by Crippen LogP contribution is 2.31. The van der Waals surface area contributed by atoms with E-state index >= 15 is 0 Å². The number of carbonyl (C=O) groups is 1. The Morgan fingerprint density at radius 3 is 2.50 bits per heavy atom. The van der Waals surface area contributed by atoms with E-state index in [4.69, 9.17) is 32.4 Å². The van der Waals surface area contributed by atoms with Gasteiger partial charge in [0.2, 0.25) is 5.89 Å². The highest BCUT2D eigenvalue weighted by Gasteiger charge is 2.26. The first-order valence-electron chi connectivity index (χ1n) is 14.3. The minimum Gasteiger partial charge on any atom is -0.492 e. The Morgan fingerprint density at radius 1 is 0.955 bits per heavy atom. The molecule has 1 fully saturated rings. The van der Waals surface area contributed by atoms with Crippen LogP contribution in [0.25, 0.3) is 5.69 Å². The number of thioether (sulfide) groups is 1. The van der Waals surface area contributed by atoms with Crippen molar-refractivity contribution in [3.8, 4) is 11.4 Å². The normalized spacial score (nSPS) is 13.3. The lowest BCUT2D eigenvalue weighted by Gasteiger charge is -2.36. The number of amides is 1. The molecule has 6 rings (SSSR count). The molecule has 0 saturated carbocycles. The van der Waals surface area contributed by atoms with Gasteiger partial charge in [0.25, 0.3) is 5.91 Å². The second kappa shape index (κ2) is 13.8. The Morgan fingerprint density at radius 2 is 1.73 bits per heavy atom. The lowest BCUT2D eigenvalue weighted by atomic mass is 10.1. The van der Waals surface area contributed by atoms with Crippen LogP contribution in [-0.2, 0) is 12.2 Å². The molecular weight excluding hydrogens is 619 g/mol. The van der Waals surface area contributed by atoms with Crippen LogP contribution < -0.4 is 9.64 Å². The van der Waals surface area contributed by atoms with E-state index in [2.05, 4.69) is 26.1 Å². The number of rotatable bonds is 10. The zero-order valence-corrected chi connectivity index (χ0v) is 26.4. The van der Waals surface area contributed by atoms with Gasteiger partial charge in [-0.25, -0.2) is 4.98 Å². The van der Waals surface area contributed by atoms with Crippen molar-refractivity contribution in [1.82, 2.24) is 24.6 Å². The lowest BCUT2D eigenvalue weighted by Crippen LogP contribution is -2.49. The highest BCUT2D eigenvalue weighted by molar-refractivity contribution is 7.98. The summed E-state index contributed by atoms with van der Waals surface area (Å²) in [6, 6.07) is 23.5. The number of hydrogen-bond donors (Lipinski definition) is 0. The van der Waals surface area contributed by atoms with E-state index < -0.39 is 0 Å². The summed E-state index contributed by atoms with van der Waals surface area (Å²) in [6.07, 6.45) is 2.01. The topological polar surface area (TPSA) is 89.5 Å². The van der Waals surface area contributed by atoms with E-state index in [9.17, 15) is 4.79 Å². The number of oxazole rings is 1. The fourth-order valence-electron chi connectivity index (χ4n) is 5.08. The minimum absolute atomic E-state index is 0.146. The summed E-state index contributed by atoms with van der Waals surface area (Å²) in [6.45, 7) is 5.13. The Bertz CT molecular complexity index is 1740. The molecule has 3 heterocycles. The summed E-state index contributed by atoms with van der Waals surface area (Å²) < 4.78 is 13.5. The Balaban J connectivity index is 1.13. The van der Waals surface area contributed by atoms with Crippen LogP contribution in [0, 0.1) is 0 Å². The van der Waals surface area contributed by atoms with Crippen molar-refractivity contribution in [2.45, 2.75) is 24.3 Å². The van der Waals surface area contributed by atoms with Crippen LogP contribution in [0.15, 0.2) is 88.6 Å². The SMILES string of the molecule is CCOc1ccccc1N1CCN(C(=O)c2coc(CSc3nnc(Cc4ccccc4)n3-c3ccc(Cl)c(Cl)c3)n2)CC1. The number of aromatic nitrogens is 4. The van der Waals surface area contributed by atoms with Crippen molar-refractivity contribution < 1.29 is 13.9 Å². The van der Waals surface area contributed by atoms with Gasteiger partial charge in [-0.2, -0.15) is 0 Å². The second-order valence-corrected chi connectivity index (χ2v) is 11.8. The molecule has 0 aliphatic carbocycles. The summed E-state index contributed by atoms with van der Waals surface area (Å²) >= 11 is 14.0. The van der Waals surface area contributed by atoms with Crippen molar-refractivity contribution in [2.75, 3.05) is 37.7 Å². The lowest BCUT2D eigenvalue weighted by molar-refractivity contribution is 0.0740. The number of halogens is 2. The molecule has 1 saturated heterocycles. The smallest absolute Gasteiger partial charge is 0.275 e. The third-order valence-electron chi connectivity index (χ3n) is 7.24. The van der Waals surface area contributed by atoms with Crippen molar-refractivity contribution in [2.24, 2.45) is 0 Å². The molecule has 1 amide bonds. The zero-order chi connectivity index (χ0) is 30.5. The third kappa shape index (κ3) is 6.72. The Hall–Kier alpha value is -3.99. The van der Waals surface area contributed by atoms with Gasteiger partial charge in [0, 0.05) is 32.6 Å². The molecule has 0 bridgehead atoms.